The molecule has 1 N–H and O–H groups in total. The standard InChI is InChI=1S/C17H13FO4/c1-10-16(12-7-14(19)13(18)8-15(12)22-10)17(20)21-9-11-5-3-2-4-6-11/h2-8,19H,9H2,1H3. The van der Waals surface area contributed by atoms with Gasteiger partial charge in [0.1, 0.15) is 23.5 Å². The van der Waals surface area contributed by atoms with Crippen molar-refractivity contribution >= 4 is 16.9 Å². The van der Waals surface area contributed by atoms with Gasteiger partial charge in [-0.2, -0.15) is 0 Å². The molecule has 0 fully saturated rings. The smallest absolute Gasteiger partial charge is 0.342 e. The third-order valence-electron chi connectivity index (χ3n) is 3.35. The molecular weight excluding hydrogens is 287 g/mol. The summed E-state index contributed by atoms with van der Waals surface area (Å²) in [6.07, 6.45) is 0. The van der Waals surface area contributed by atoms with Crippen molar-refractivity contribution < 1.29 is 23.4 Å². The van der Waals surface area contributed by atoms with Crippen LogP contribution in [0.15, 0.2) is 46.9 Å². The molecule has 0 radical (unpaired) electrons. The molecule has 2 aromatic carbocycles. The van der Waals surface area contributed by atoms with Gasteiger partial charge in [0.05, 0.1) is 0 Å². The number of aromatic hydroxyl groups is 1. The van der Waals surface area contributed by atoms with Gasteiger partial charge < -0.3 is 14.3 Å². The second kappa shape index (κ2) is 5.52. The monoisotopic (exact) mass is 300 g/mol. The average Bonchev–Trinajstić information content (AvgIpc) is 2.81. The summed E-state index contributed by atoms with van der Waals surface area (Å²) in [5.74, 6) is -1.60. The number of fused-ring (bicyclic) bond motifs is 1. The Balaban J connectivity index is 1.90. The van der Waals surface area contributed by atoms with Crippen LogP contribution in [-0.2, 0) is 11.3 Å². The van der Waals surface area contributed by atoms with E-state index in [0.29, 0.717) is 11.1 Å². The Labute approximate surface area is 125 Å². The largest absolute Gasteiger partial charge is 0.505 e. The van der Waals surface area contributed by atoms with Crippen LogP contribution in [0.3, 0.4) is 0 Å². The molecule has 0 bridgehead atoms. The van der Waals surface area contributed by atoms with E-state index in [2.05, 4.69) is 0 Å². The number of esters is 1. The fourth-order valence-electron chi connectivity index (χ4n) is 2.28. The van der Waals surface area contributed by atoms with Crippen LogP contribution in [0.25, 0.3) is 11.0 Å². The molecule has 0 spiro atoms. The van der Waals surface area contributed by atoms with Gasteiger partial charge in [-0.3, -0.25) is 0 Å². The van der Waals surface area contributed by atoms with Crippen LogP contribution in [0, 0.1) is 12.7 Å². The Hall–Kier alpha value is -2.82. The molecule has 0 atom stereocenters. The van der Waals surface area contributed by atoms with Gasteiger partial charge in [-0.1, -0.05) is 30.3 Å². The third kappa shape index (κ3) is 2.53. The highest BCUT2D eigenvalue weighted by molar-refractivity contribution is 6.04. The number of carbonyl (C=O) groups excluding carboxylic acids is 1. The average molecular weight is 300 g/mol. The lowest BCUT2D eigenvalue weighted by atomic mass is 10.1. The fraction of sp³-hybridized carbons (Fsp3) is 0.118. The van der Waals surface area contributed by atoms with Gasteiger partial charge in [0, 0.05) is 11.5 Å². The minimum atomic E-state index is -0.801. The highest BCUT2D eigenvalue weighted by atomic mass is 19.1. The van der Waals surface area contributed by atoms with Crippen molar-refractivity contribution in [2.24, 2.45) is 0 Å². The summed E-state index contributed by atoms with van der Waals surface area (Å²) in [5, 5.41) is 9.80. The molecule has 5 heteroatoms. The van der Waals surface area contributed by atoms with Gasteiger partial charge in [-0.25, -0.2) is 9.18 Å². The number of phenols is 1. The topological polar surface area (TPSA) is 59.7 Å². The minimum Gasteiger partial charge on any atom is -0.505 e. The van der Waals surface area contributed by atoms with Crippen molar-refractivity contribution in [2.75, 3.05) is 0 Å². The molecule has 0 aliphatic rings. The Morgan fingerprint density at radius 1 is 1.27 bits per heavy atom. The van der Waals surface area contributed by atoms with Crippen molar-refractivity contribution in [3.63, 3.8) is 0 Å². The molecule has 0 aliphatic heterocycles. The van der Waals surface area contributed by atoms with E-state index in [1.807, 2.05) is 30.3 Å². The molecule has 0 aliphatic carbocycles. The Bertz CT molecular complexity index is 837. The van der Waals surface area contributed by atoms with E-state index in [4.69, 9.17) is 9.15 Å². The highest BCUT2D eigenvalue weighted by Crippen LogP contribution is 2.31. The van der Waals surface area contributed by atoms with Gasteiger partial charge in [-0.05, 0) is 18.6 Å². The number of hydrogen-bond acceptors (Lipinski definition) is 4. The first-order valence-corrected chi connectivity index (χ1v) is 6.69. The van der Waals surface area contributed by atoms with E-state index < -0.39 is 17.5 Å². The third-order valence-corrected chi connectivity index (χ3v) is 3.35. The molecule has 4 nitrogen and oxygen atoms in total. The first kappa shape index (κ1) is 14.1. The van der Waals surface area contributed by atoms with E-state index in [9.17, 15) is 14.3 Å². The number of benzene rings is 2. The summed E-state index contributed by atoms with van der Waals surface area (Å²) < 4.78 is 23.9. The fourth-order valence-corrected chi connectivity index (χ4v) is 2.28. The lowest BCUT2D eigenvalue weighted by Crippen LogP contribution is -2.06. The maximum absolute atomic E-state index is 13.3. The molecule has 1 heterocycles. The highest BCUT2D eigenvalue weighted by Gasteiger charge is 2.21. The maximum atomic E-state index is 13.3. The van der Waals surface area contributed by atoms with E-state index >= 15 is 0 Å². The summed E-state index contributed by atoms with van der Waals surface area (Å²) in [7, 11) is 0. The normalized spacial score (nSPS) is 10.8. The van der Waals surface area contributed by atoms with Crippen LogP contribution in [-0.4, -0.2) is 11.1 Å². The van der Waals surface area contributed by atoms with E-state index in [1.165, 1.54) is 6.07 Å². The number of aryl methyl sites for hydroxylation is 1. The van der Waals surface area contributed by atoms with Crippen LogP contribution in [0.5, 0.6) is 5.75 Å². The Morgan fingerprint density at radius 3 is 2.73 bits per heavy atom. The lowest BCUT2D eigenvalue weighted by molar-refractivity contribution is 0.0473. The molecular formula is C17H13FO4. The zero-order valence-electron chi connectivity index (χ0n) is 11.8. The molecule has 3 rings (SSSR count). The summed E-state index contributed by atoms with van der Waals surface area (Å²) in [4.78, 5) is 12.3. The molecule has 0 unspecified atom stereocenters. The van der Waals surface area contributed by atoms with Gasteiger partial charge in [-0.15, -0.1) is 0 Å². The number of phenolic OH excluding ortho intramolecular Hbond substituents is 1. The number of halogens is 1. The molecule has 0 amide bonds. The number of ether oxygens (including phenoxy) is 1. The SMILES string of the molecule is Cc1oc2cc(F)c(O)cc2c1C(=O)OCc1ccccc1. The van der Waals surface area contributed by atoms with Gasteiger partial charge in [0.15, 0.2) is 11.6 Å². The Morgan fingerprint density at radius 2 is 2.00 bits per heavy atom. The number of hydrogen-bond donors (Lipinski definition) is 1. The number of rotatable bonds is 3. The summed E-state index contributed by atoms with van der Waals surface area (Å²) in [6, 6.07) is 11.5. The number of carbonyl (C=O) groups is 1. The number of furan rings is 1. The second-order valence-corrected chi connectivity index (χ2v) is 4.89. The van der Waals surface area contributed by atoms with Crippen molar-refractivity contribution in [2.45, 2.75) is 13.5 Å². The summed E-state index contributed by atoms with van der Waals surface area (Å²) >= 11 is 0. The van der Waals surface area contributed by atoms with Crippen LogP contribution < -0.4 is 0 Å². The minimum absolute atomic E-state index is 0.124. The van der Waals surface area contributed by atoms with E-state index in [1.54, 1.807) is 6.92 Å². The first-order chi connectivity index (χ1) is 10.6. The molecule has 1 aromatic heterocycles. The predicted molar refractivity (Wildman–Crippen MR) is 78.1 cm³/mol. The van der Waals surface area contributed by atoms with E-state index in [0.717, 1.165) is 11.6 Å². The van der Waals surface area contributed by atoms with Gasteiger partial charge in [0.2, 0.25) is 0 Å². The zero-order valence-corrected chi connectivity index (χ0v) is 11.8. The van der Waals surface area contributed by atoms with Crippen molar-refractivity contribution in [1.29, 1.82) is 0 Å². The van der Waals surface area contributed by atoms with Gasteiger partial charge >= 0.3 is 5.97 Å². The molecule has 0 saturated heterocycles. The molecule has 3 aromatic rings. The van der Waals surface area contributed by atoms with Gasteiger partial charge in [0.25, 0.3) is 0 Å². The van der Waals surface area contributed by atoms with Crippen LogP contribution in [0.2, 0.25) is 0 Å². The second-order valence-electron chi connectivity index (χ2n) is 4.89. The molecule has 112 valence electrons. The maximum Gasteiger partial charge on any atom is 0.342 e. The predicted octanol–water partition coefficient (Wildman–Crippen LogP) is 3.94. The first-order valence-electron chi connectivity index (χ1n) is 6.69. The summed E-state index contributed by atoms with van der Waals surface area (Å²) in [5.41, 5.74) is 1.25. The van der Waals surface area contributed by atoms with Crippen LogP contribution >= 0.6 is 0 Å². The summed E-state index contributed by atoms with van der Waals surface area (Å²) in [6.45, 7) is 1.72. The quantitative estimate of drug-likeness (QED) is 0.744. The van der Waals surface area contributed by atoms with Crippen molar-refractivity contribution in [1.82, 2.24) is 0 Å². The zero-order chi connectivity index (χ0) is 15.7. The van der Waals surface area contributed by atoms with Crippen molar-refractivity contribution in [3.05, 3.63) is 65.2 Å². The Kier molecular flexibility index (Phi) is 3.55. The van der Waals surface area contributed by atoms with E-state index in [-0.39, 0.29) is 17.8 Å². The van der Waals surface area contributed by atoms with Crippen LogP contribution in [0.1, 0.15) is 21.7 Å². The van der Waals surface area contributed by atoms with Crippen LogP contribution in [0.4, 0.5) is 4.39 Å². The molecule has 0 saturated carbocycles. The molecule has 22 heavy (non-hydrogen) atoms. The lowest BCUT2D eigenvalue weighted by Gasteiger charge is -2.04. The van der Waals surface area contributed by atoms with Crippen molar-refractivity contribution in [3.8, 4) is 5.75 Å².